The molecule has 0 atom stereocenters. The molecule has 0 amide bonds. The van der Waals surface area contributed by atoms with E-state index in [-0.39, 0.29) is 0 Å². The van der Waals surface area contributed by atoms with Crippen LogP contribution in [0.3, 0.4) is 0 Å². The van der Waals surface area contributed by atoms with Crippen LogP contribution in [0.25, 0.3) is 5.57 Å². The van der Waals surface area contributed by atoms with Gasteiger partial charge in [0.2, 0.25) is 0 Å². The highest BCUT2D eigenvalue weighted by Crippen LogP contribution is 2.45. The minimum atomic E-state index is 0.310. The number of nitrogens with two attached hydrogens (primary N) is 1. The molecule has 1 saturated heterocycles. The molecule has 0 radical (unpaired) electrons. The van der Waals surface area contributed by atoms with Gasteiger partial charge in [-0.15, -0.1) is 0 Å². The monoisotopic (exact) mass is 485 g/mol. The highest BCUT2D eigenvalue weighted by molar-refractivity contribution is 6.34. The van der Waals surface area contributed by atoms with Gasteiger partial charge in [0.15, 0.2) is 0 Å². The molecule has 7 nitrogen and oxygen atoms in total. The van der Waals surface area contributed by atoms with Gasteiger partial charge in [0, 0.05) is 55.6 Å². The summed E-state index contributed by atoms with van der Waals surface area (Å²) in [5, 5.41) is 0.434. The third-order valence-electron chi connectivity index (χ3n) is 7.66. The summed E-state index contributed by atoms with van der Waals surface area (Å²) in [5.41, 5.74) is 12.0. The Bertz CT molecular complexity index is 1360. The molecule has 0 unspecified atom stereocenters. The number of likely N-dealkylation sites (N-methyl/N-ethyl adjacent to an activating group) is 1. The molecule has 4 aliphatic rings. The number of aryl methyl sites for hydroxylation is 1. The van der Waals surface area contributed by atoms with Crippen LogP contribution in [-0.2, 0) is 12.8 Å². The van der Waals surface area contributed by atoms with E-state index in [1.807, 2.05) is 42.5 Å². The van der Waals surface area contributed by atoms with E-state index in [0.717, 1.165) is 66.7 Å². The van der Waals surface area contributed by atoms with Crippen LogP contribution < -0.4 is 5.73 Å². The third kappa shape index (κ3) is 3.84. The Labute approximate surface area is 210 Å². The first-order valence-corrected chi connectivity index (χ1v) is 12.4. The fourth-order valence-electron chi connectivity index (χ4n) is 5.69. The van der Waals surface area contributed by atoms with Crippen molar-refractivity contribution in [1.82, 2.24) is 19.8 Å². The van der Waals surface area contributed by atoms with E-state index in [0.29, 0.717) is 16.3 Å². The Balaban J connectivity index is 1.24. The Morgan fingerprint density at radius 1 is 1.09 bits per heavy atom. The number of rotatable bonds is 2. The molecule has 2 aromatic rings. The average Bonchev–Trinajstić information content (AvgIpc) is 3.19. The fraction of sp³-hybridized carbons (Fsp3) is 0.333. The van der Waals surface area contributed by atoms with Crippen molar-refractivity contribution in [2.75, 3.05) is 25.9 Å². The van der Waals surface area contributed by atoms with Crippen LogP contribution in [0.15, 0.2) is 64.4 Å². The van der Waals surface area contributed by atoms with Crippen molar-refractivity contribution in [3.05, 3.63) is 81.8 Å². The number of pyridine rings is 2. The van der Waals surface area contributed by atoms with Gasteiger partial charge in [0.1, 0.15) is 23.3 Å². The number of hydrogen-bond donors (Lipinski definition) is 1. The molecule has 178 valence electrons. The van der Waals surface area contributed by atoms with Gasteiger partial charge >= 0.3 is 0 Å². The molecule has 1 fully saturated rings. The maximum absolute atomic E-state index is 6.46. The molecule has 2 bridgehead atoms. The van der Waals surface area contributed by atoms with E-state index in [1.54, 1.807) is 6.20 Å². The molecule has 2 N–H and O–H groups in total. The summed E-state index contributed by atoms with van der Waals surface area (Å²) in [4.78, 5) is 22.8. The summed E-state index contributed by atoms with van der Waals surface area (Å²) in [5.74, 6) is 2.89. The maximum atomic E-state index is 6.46. The van der Waals surface area contributed by atoms with E-state index in [2.05, 4.69) is 34.1 Å². The summed E-state index contributed by atoms with van der Waals surface area (Å²) in [6.07, 6.45) is 16.2. The number of hydrogen-bond acceptors (Lipinski definition) is 7. The second-order valence-corrected chi connectivity index (χ2v) is 10.3. The molecular weight excluding hydrogens is 458 g/mol. The number of halogens is 1. The molecule has 3 aliphatic heterocycles. The lowest BCUT2D eigenvalue weighted by molar-refractivity contribution is 0.135. The van der Waals surface area contributed by atoms with Crippen LogP contribution in [0.2, 0.25) is 5.02 Å². The van der Waals surface area contributed by atoms with Gasteiger partial charge in [-0.1, -0.05) is 11.6 Å². The quantitative estimate of drug-likeness (QED) is 0.681. The first kappa shape index (κ1) is 22.0. The molecule has 2 aromatic heterocycles. The van der Waals surface area contributed by atoms with Crippen LogP contribution in [0, 0.1) is 12.3 Å². The number of piperidine rings is 1. The number of amidine groups is 1. The van der Waals surface area contributed by atoms with Gasteiger partial charge in [-0.05, 0) is 79.5 Å². The number of allylic oxidation sites excluding steroid dienone is 3. The first-order chi connectivity index (χ1) is 16.9. The van der Waals surface area contributed by atoms with Crippen molar-refractivity contribution >= 4 is 35.0 Å². The van der Waals surface area contributed by atoms with Crippen LogP contribution >= 0.6 is 11.6 Å². The number of aromatic nitrogens is 2. The number of fused-ring (bicyclic) bond motifs is 3. The molecule has 8 heteroatoms. The van der Waals surface area contributed by atoms with Gasteiger partial charge in [-0.2, -0.15) is 0 Å². The van der Waals surface area contributed by atoms with Crippen molar-refractivity contribution in [3.8, 4) is 0 Å². The number of aliphatic imine (C=N–C) groups is 2. The van der Waals surface area contributed by atoms with E-state index in [9.17, 15) is 0 Å². The Hall–Kier alpha value is -3.45. The van der Waals surface area contributed by atoms with E-state index < -0.39 is 0 Å². The average molecular weight is 486 g/mol. The van der Waals surface area contributed by atoms with E-state index in [4.69, 9.17) is 27.3 Å². The van der Waals surface area contributed by atoms with Crippen molar-refractivity contribution in [1.29, 1.82) is 0 Å². The first-order valence-electron chi connectivity index (χ1n) is 12.0. The second-order valence-electron chi connectivity index (χ2n) is 9.90. The molecule has 35 heavy (non-hydrogen) atoms. The highest BCUT2D eigenvalue weighted by Gasteiger charge is 2.40. The number of likely N-dealkylation sites (tertiary alicyclic amines) is 1. The maximum Gasteiger partial charge on any atom is 0.142 e. The highest BCUT2D eigenvalue weighted by atomic mass is 35.5. The predicted octanol–water partition coefficient (Wildman–Crippen LogP) is 4.40. The molecule has 1 spiro atoms. The standard InChI is InChI=1S/C27H28ClN7/c1-17-13-18-14-27(15-19(18)16-32-17)7-11-35(12-8-27)23-6-10-31-26-21(3-4-22(33-23)34(26)2)20-5-9-30-25(29)24(20)28/h3-6,9-10,13,16H,7-8,11-12,14-15H2,1-2H3,(H2,29,30). The van der Waals surface area contributed by atoms with Crippen molar-refractivity contribution in [2.24, 2.45) is 15.4 Å². The summed E-state index contributed by atoms with van der Waals surface area (Å²) < 4.78 is 0. The Morgan fingerprint density at radius 3 is 2.71 bits per heavy atom. The van der Waals surface area contributed by atoms with Gasteiger partial charge < -0.3 is 15.5 Å². The zero-order valence-corrected chi connectivity index (χ0v) is 20.8. The molecule has 0 aromatic carbocycles. The molecule has 6 rings (SSSR count). The topological polar surface area (TPSA) is 83.0 Å². The van der Waals surface area contributed by atoms with Crippen LogP contribution in [-0.4, -0.2) is 52.0 Å². The normalized spacial score (nSPS) is 20.5. The Kier molecular flexibility index (Phi) is 5.25. The van der Waals surface area contributed by atoms with E-state index in [1.165, 1.54) is 17.5 Å². The minimum Gasteiger partial charge on any atom is -0.382 e. The molecular formula is C27H28ClN7. The number of anilines is 1. The van der Waals surface area contributed by atoms with Crippen LogP contribution in [0.5, 0.6) is 0 Å². The lowest BCUT2D eigenvalue weighted by atomic mass is 9.76. The fourth-order valence-corrected chi connectivity index (χ4v) is 5.90. The molecule has 1 aliphatic carbocycles. The number of nitrogen functional groups attached to an aromatic ring is 1. The largest absolute Gasteiger partial charge is 0.382 e. The third-order valence-corrected chi connectivity index (χ3v) is 8.05. The summed E-state index contributed by atoms with van der Waals surface area (Å²) >= 11 is 6.46. The SMILES string of the molecule is Cc1cc2c(cn1)CC1(CCN(C3=CC=NC4=C(c5ccnc(N)c5Cl)C=CC(=N3)N4C)CC1)C2. The van der Waals surface area contributed by atoms with Crippen molar-refractivity contribution in [3.63, 3.8) is 0 Å². The molecule has 0 saturated carbocycles. The lowest BCUT2D eigenvalue weighted by Gasteiger charge is -2.40. The summed E-state index contributed by atoms with van der Waals surface area (Å²) in [6.45, 7) is 4.06. The zero-order valence-electron chi connectivity index (χ0n) is 20.0. The zero-order chi connectivity index (χ0) is 24.2. The van der Waals surface area contributed by atoms with Crippen molar-refractivity contribution < 1.29 is 0 Å². The predicted molar refractivity (Wildman–Crippen MR) is 141 cm³/mol. The van der Waals surface area contributed by atoms with E-state index >= 15 is 0 Å². The lowest BCUT2D eigenvalue weighted by Crippen LogP contribution is -2.40. The molecule has 5 heterocycles. The van der Waals surface area contributed by atoms with Gasteiger partial charge in [0.25, 0.3) is 0 Å². The smallest absolute Gasteiger partial charge is 0.142 e. The summed E-state index contributed by atoms with van der Waals surface area (Å²) in [7, 11) is 1.98. The van der Waals surface area contributed by atoms with Crippen molar-refractivity contribution in [2.45, 2.75) is 32.6 Å². The van der Waals surface area contributed by atoms with Crippen LogP contribution in [0.4, 0.5) is 5.82 Å². The number of nitrogens with zero attached hydrogens (tertiary/aromatic N) is 6. The van der Waals surface area contributed by atoms with Gasteiger partial charge in [-0.25, -0.2) is 15.0 Å². The van der Waals surface area contributed by atoms with Gasteiger partial charge in [0.05, 0.1) is 5.02 Å². The summed E-state index contributed by atoms with van der Waals surface area (Å²) in [6, 6.07) is 4.13. The van der Waals surface area contributed by atoms with Gasteiger partial charge in [-0.3, -0.25) is 4.98 Å². The Morgan fingerprint density at radius 2 is 1.89 bits per heavy atom. The minimum absolute atomic E-state index is 0.310. The van der Waals surface area contributed by atoms with Crippen LogP contribution in [0.1, 0.15) is 35.2 Å². The second kappa shape index (κ2) is 8.34.